The van der Waals surface area contributed by atoms with Crippen LogP contribution in [-0.2, 0) is 9.47 Å². The van der Waals surface area contributed by atoms with Crippen LogP contribution in [0.3, 0.4) is 0 Å². The molecule has 0 aromatic heterocycles. The van der Waals surface area contributed by atoms with Gasteiger partial charge >= 0.3 is 0 Å². The lowest BCUT2D eigenvalue weighted by atomic mass is 10.0. The molecule has 0 saturated carbocycles. The zero-order valence-corrected chi connectivity index (χ0v) is 12.6. The highest BCUT2D eigenvalue weighted by atomic mass is 79.9. The smallest absolute Gasteiger partial charge is 0.203 e. The first-order valence-electron chi connectivity index (χ1n) is 6.20. The fourth-order valence-corrected chi connectivity index (χ4v) is 2.84. The van der Waals surface area contributed by atoms with E-state index in [-0.39, 0.29) is 0 Å². The van der Waals surface area contributed by atoms with Crippen molar-refractivity contribution >= 4 is 32.4 Å². The topological polar surface area (TPSA) is 21.7 Å². The summed E-state index contributed by atoms with van der Waals surface area (Å²) in [6.07, 6.45) is 0. The van der Waals surface area contributed by atoms with Crippen LogP contribution in [0.2, 0.25) is 0 Å². The van der Waals surface area contributed by atoms with Crippen molar-refractivity contribution in [3.05, 3.63) is 40.9 Å². The highest BCUT2D eigenvalue weighted by molar-refractivity contribution is 9.10. The lowest BCUT2D eigenvalue weighted by Crippen LogP contribution is -2.64. The molecule has 3 rings (SSSR count). The standard InChI is InChI=1S/C15H16BrNO2/c1-18-15(19-2)9-17(10-15)14-6-4-11-7-13(16)5-3-12(11)8-14/h3-8H,9-10H2,1-2H3. The summed E-state index contributed by atoms with van der Waals surface area (Å²) in [7, 11) is 3.39. The van der Waals surface area contributed by atoms with Crippen LogP contribution in [0.4, 0.5) is 5.69 Å². The third-order valence-electron chi connectivity index (χ3n) is 3.76. The molecule has 0 radical (unpaired) electrons. The van der Waals surface area contributed by atoms with Gasteiger partial charge < -0.3 is 14.4 Å². The third-order valence-corrected chi connectivity index (χ3v) is 4.25. The molecule has 0 N–H and O–H groups in total. The Balaban J connectivity index is 1.86. The largest absolute Gasteiger partial charge is 0.361 e. The van der Waals surface area contributed by atoms with E-state index >= 15 is 0 Å². The predicted molar refractivity (Wildman–Crippen MR) is 80.6 cm³/mol. The molecule has 100 valence electrons. The minimum Gasteiger partial charge on any atom is -0.361 e. The summed E-state index contributed by atoms with van der Waals surface area (Å²) >= 11 is 3.49. The van der Waals surface area contributed by atoms with Crippen LogP contribution in [0.15, 0.2) is 40.9 Å². The molecule has 3 nitrogen and oxygen atoms in total. The maximum absolute atomic E-state index is 5.41. The molecule has 0 amide bonds. The molecule has 4 heteroatoms. The SMILES string of the molecule is COC1(OC)CN(c2ccc3cc(Br)ccc3c2)C1. The first-order chi connectivity index (χ1) is 9.15. The maximum atomic E-state index is 5.41. The Labute approximate surface area is 121 Å². The zero-order valence-electron chi connectivity index (χ0n) is 11.0. The van der Waals surface area contributed by atoms with Gasteiger partial charge in [0, 0.05) is 24.4 Å². The highest BCUT2D eigenvalue weighted by Gasteiger charge is 2.43. The van der Waals surface area contributed by atoms with Gasteiger partial charge in [-0.1, -0.05) is 28.1 Å². The first-order valence-corrected chi connectivity index (χ1v) is 7.00. The first kappa shape index (κ1) is 12.9. The van der Waals surface area contributed by atoms with E-state index in [9.17, 15) is 0 Å². The van der Waals surface area contributed by atoms with Gasteiger partial charge in [0.1, 0.15) is 0 Å². The normalized spacial score (nSPS) is 17.5. The van der Waals surface area contributed by atoms with Gasteiger partial charge in [0.05, 0.1) is 13.1 Å². The van der Waals surface area contributed by atoms with Gasteiger partial charge in [-0.05, 0) is 35.0 Å². The number of nitrogens with zero attached hydrogens (tertiary/aromatic N) is 1. The van der Waals surface area contributed by atoms with Crippen molar-refractivity contribution in [2.24, 2.45) is 0 Å². The number of fused-ring (bicyclic) bond motifs is 1. The van der Waals surface area contributed by atoms with Crippen molar-refractivity contribution in [1.82, 2.24) is 0 Å². The molecule has 2 aromatic rings. The Hall–Kier alpha value is -1.10. The molecule has 1 aliphatic heterocycles. The van der Waals surface area contributed by atoms with Crippen molar-refractivity contribution < 1.29 is 9.47 Å². The second-order valence-corrected chi connectivity index (χ2v) is 5.77. The zero-order chi connectivity index (χ0) is 13.5. The van der Waals surface area contributed by atoms with Crippen LogP contribution in [0.5, 0.6) is 0 Å². The predicted octanol–water partition coefficient (Wildman–Crippen LogP) is 3.41. The summed E-state index contributed by atoms with van der Waals surface area (Å²) in [4.78, 5) is 2.26. The van der Waals surface area contributed by atoms with Crippen LogP contribution in [0.1, 0.15) is 0 Å². The summed E-state index contributed by atoms with van der Waals surface area (Å²) in [6, 6.07) is 12.8. The van der Waals surface area contributed by atoms with E-state index in [0.717, 1.165) is 17.6 Å². The Kier molecular flexibility index (Phi) is 3.25. The van der Waals surface area contributed by atoms with Gasteiger partial charge in [-0.15, -0.1) is 0 Å². The average Bonchev–Trinajstić information content (AvgIpc) is 2.39. The average molecular weight is 322 g/mol. The van der Waals surface area contributed by atoms with Gasteiger partial charge in [0.25, 0.3) is 0 Å². The monoisotopic (exact) mass is 321 g/mol. The molecule has 1 saturated heterocycles. The van der Waals surface area contributed by atoms with Gasteiger partial charge in [-0.2, -0.15) is 0 Å². The fraction of sp³-hybridized carbons (Fsp3) is 0.333. The summed E-state index contributed by atoms with van der Waals surface area (Å²) in [5, 5.41) is 2.48. The number of methoxy groups -OCH3 is 2. The number of hydrogen-bond donors (Lipinski definition) is 0. The lowest BCUT2D eigenvalue weighted by molar-refractivity contribution is -0.219. The molecule has 19 heavy (non-hydrogen) atoms. The van der Waals surface area contributed by atoms with Crippen LogP contribution < -0.4 is 4.90 Å². The van der Waals surface area contributed by atoms with E-state index in [4.69, 9.17) is 9.47 Å². The van der Waals surface area contributed by atoms with Crippen LogP contribution in [-0.4, -0.2) is 33.1 Å². The molecule has 0 spiro atoms. The second kappa shape index (κ2) is 4.78. The van der Waals surface area contributed by atoms with Crippen LogP contribution in [0.25, 0.3) is 10.8 Å². The molecular formula is C15H16BrNO2. The minimum absolute atomic E-state index is 0.436. The lowest BCUT2D eigenvalue weighted by Gasteiger charge is -2.48. The Morgan fingerprint density at radius 1 is 1.00 bits per heavy atom. The molecule has 1 aliphatic rings. The Morgan fingerprint density at radius 3 is 2.32 bits per heavy atom. The number of ether oxygens (including phenoxy) is 2. The van der Waals surface area contributed by atoms with Crippen LogP contribution in [0, 0.1) is 0 Å². The number of rotatable bonds is 3. The second-order valence-electron chi connectivity index (χ2n) is 4.85. The van der Waals surface area contributed by atoms with Crippen molar-refractivity contribution in [3.63, 3.8) is 0 Å². The van der Waals surface area contributed by atoms with E-state index in [1.807, 2.05) is 0 Å². The van der Waals surface area contributed by atoms with E-state index in [2.05, 4.69) is 57.2 Å². The number of benzene rings is 2. The van der Waals surface area contributed by atoms with E-state index < -0.39 is 5.79 Å². The molecule has 1 fully saturated rings. The van der Waals surface area contributed by atoms with Crippen LogP contribution >= 0.6 is 15.9 Å². The molecule has 0 atom stereocenters. The maximum Gasteiger partial charge on any atom is 0.203 e. The minimum atomic E-state index is -0.436. The molecule has 2 aromatic carbocycles. The van der Waals surface area contributed by atoms with Crippen molar-refractivity contribution in [3.8, 4) is 0 Å². The summed E-state index contributed by atoms with van der Waals surface area (Å²) in [6.45, 7) is 1.53. The third kappa shape index (κ3) is 2.24. The molecule has 0 aliphatic carbocycles. The van der Waals surface area contributed by atoms with E-state index in [1.165, 1.54) is 16.5 Å². The number of hydrogen-bond acceptors (Lipinski definition) is 3. The molecule has 0 unspecified atom stereocenters. The molecule has 1 heterocycles. The van der Waals surface area contributed by atoms with E-state index in [1.54, 1.807) is 14.2 Å². The van der Waals surface area contributed by atoms with Gasteiger partial charge in [-0.3, -0.25) is 0 Å². The molecule has 0 bridgehead atoms. The quantitative estimate of drug-likeness (QED) is 0.809. The molecular weight excluding hydrogens is 306 g/mol. The van der Waals surface area contributed by atoms with Gasteiger partial charge in [0.2, 0.25) is 5.79 Å². The van der Waals surface area contributed by atoms with Crippen molar-refractivity contribution in [2.75, 3.05) is 32.2 Å². The van der Waals surface area contributed by atoms with Crippen molar-refractivity contribution in [1.29, 1.82) is 0 Å². The van der Waals surface area contributed by atoms with Gasteiger partial charge in [-0.25, -0.2) is 0 Å². The summed E-state index contributed by atoms with van der Waals surface area (Å²) in [5.41, 5.74) is 1.21. The number of anilines is 1. The summed E-state index contributed by atoms with van der Waals surface area (Å²) < 4.78 is 11.9. The Morgan fingerprint density at radius 2 is 1.63 bits per heavy atom. The fourth-order valence-electron chi connectivity index (χ4n) is 2.46. The van der Waals surface area contributed by atoms with Crippen molar-refractivity contribution in [2.45, 2.75) is 5.79 Å². The Bertz CT molecular complexity index is 602. The highest BCUT2D eigenvalue weighted by Crippen LogP contribution is 2.32. The summed E-state index contributed by atoms with van der Waals surface area (Å²) in [5.74, 6) is -0.436. The van der Waals surface area contributed by atoms with Gasteiger partial charge in [0.15, 0.2) is 0 Å². The number of halogens is 1. The van der Waals surface area contributed by atoms with E-state index in [0.29, 0.717) is 0 Å².